The van der Waals surface area contributed by atoms with E-state index in [0.29, 0.717) is 44.3 Å². The zero-order valence-electron chi connectivity index (χ0n) is 16.6. The summed E-state index contributed by atoms with van der Waals surface area (Å²) in [6, 6.07) is 13.9. The molecule has 0 saturated carbocycles. The Bertz CT molecular complexity index is 1140. The molecule has 0 bridgehead atoms. The van der Waals surface area contributed by atoms with Crippen molar-refractivity contribution in [1.29, 1.82) is 0 Å². The molecule has 2 N–H and O–H groups in total. The first-order valence-electron chi connectivity index (χ1n) is 8.97. The van der Waals surface area contributed by atoms with Crippen LogP contribution < -0.4 is 20.1 Å². The number of hydrogen-bond acceptors (Lipinski definition) is 5. The SMILES string of the molecule is COc1ccc(OC)c(NC(=S)NC(=O)C=Cc2ccc(-c3cccc(Cl)c3Cl)o2)c1. The van der Waals surface area contributed by atoms with Gasteiger partial charge in [-0.2, -0.15) is 0 Å². The van der Waals surface area contributed by atoms with E-state index in [9.17, 15) is 4.79 Å². The van der Waals surface area contributed by atoms with Crippen LogP contribution in [-0.4, -0.2) is 25.2 Å². The van der Waals surface area contributed by atoms with Gasteiger partial charge in [0.1, 0.15) is 23.0 Å². The predicted molar refractivity (Wildman–Crippen MR) is 127 cm³/mol. The summed E-state index contributed by atoms with van der Waals surface area (Å²) in [7, 11) is 3.09. The van der Waals surface area contributed by atoms with Gasteiger partial charge in [-0.1, -0.05) is 29.3 Å². The minimum Gasteiger partial charge on any atom is -0.497 e. The van der Waals surface area contributed by atoms with Crippen LogP contribution in [0.4, 0.5) is 5.69 Å². The highest BCUT2D eigenvalue weighted by Crippen LogP contribution is 2.34. The number of benzene rings is 2. The molecule has 2 aromatic carbocycles. The maximum atomic E-state index is 12.2. The Balaban J connectivity index is 1.63. The normalized spacial score (nSPS) is 10.7. The molecule has 0 saturated heterocycles. The average Bonchev–Trinajstić information content (AvgIpc) is 3.23. The van der Waals surface area contributed by atoms with Crippen LogP contribution in [0.25, 0.3) is 17.4 Å². The van der Waals surface area contributed by atoms with Gasteiger partial charge in [0.2, 0.25) is 5.91 Å². The van der Waals surface area contributed by atoms with Gasteiger partial charge < -0.3 is 19.2 Å². The number of ether oxygens (including phenoxy) is 2. The minimum atomic E-state index is -0.432. The fourth-order valence-corrected chi connectivity index (χ4v) is 3.26. The van der Waals surface area contributed by atoms with Crippen molar-refractivity contribution in [3.05, 3.63) is 70.4 Å². The number of halogens is 2. The number of rotatable bonds is 6. The van der Waals surface area contributed by atoms with Gasteiger partial charge in [-0.25, -0.2) is 0 Å². The van der Waals surface area contributed by atoms with Crippen LogP contribution in [0, 0.1) is 0 Å². The number of hydrogen-bond donors (Lipinski definition) is 2. The highest BCUT2D eigenvalue weighted by atomic mass is 35.5. The highest BCUT2D eigenvalue weighted by Gasteiger charge is 2.11. The Morgan fingerprint density at radius 2 is 1.90 bits per heavy atom. The van der Waals surface area contributed by atoms with E-state index in [4.69, 9.17) is 49.3 Å². The first kappa shape index (κ1) is 22.7. The predicted octanol–water partition coefficient (Wildman–Crippen LogP) is 5.80. The Morgan fingerprint density at radius 3 is 2.65 bits per heavy atom. The van der Waals surface area contributed by atoms with Gasteiger partial charge in [0.05, 0.1) is 30.0 Å². The van der Waals surface area contributed by atoms with Crippen LogP contribution in [0.5, 0.6) is 11.5 Å². The second-order valence-corrected chi connectivity index (χ2v) is 7.34. The first-order valence-corrected chi connectivity index (χ1v) is 10.1. The van der Waals surface area contributed by atoms with E-state index in [0.717, 1.165) is 0 Å². The Labute approximate surface area is 194 Å². The van der Waals surface area contributed by atoms with Crippen molar-refractivity contribution in [3.63, 3.8) is 0 Å². The molecule has 0 fully saturated rings. The van der Waals surface area contributed by atoms with Crippen molar-refractivity contribution in [2.75, 3.05) is 19.5 Å². The molecule has 1 heterocycles. The van der Waals surface area contributed by atoms with Crippen molar-refractivity contribution in [1.82, 2.24) is 5.32 Å². The van der Waals surface area contributed by atoms with E-state index >= 15 is 0 Å². The molecule has 3 aromatic rings. The molecular weight excluding hydrogens is 459 g/mol. The zero-order valence-corrected chi connectivity index (χ0v) is 18.9. The van der Waals surface area contributed by atoms with Crippen LogP contribution in [0.3, 0.4) is 0 Å². The lowest BCUT2D eigenvalue weighted by Crippen LogP contribution is -2.32. The Hall–Kier alpha value is -3.00. The molecule has 1 amide bonds. The highest BCUT2D eigenvalue weighted by molar-refractivity contribution is 7.80. The third kappa shape index (κ3) is 5.79. The summed E-state index contributed by atoms with van der Waals surface area (Å²) >= 11 is 17.5. The second-order valence-electron chi connectivity index (χ2n) is 6.15. The molecule has 160 valence electrons. The molecule has 0 aliphatic carbocycles. The molecule has 0 spiro atoms. The molecule has 3 rings (SSSR count). The van der Waals surface area contributed by atoms with E-state index in [1.54, 1.807) is 55.6 Å². The number of anilines is 1. The van der Waals surface area contributed by atoms with Gasteiger partial charge in [0, 0.05) is 17.7 Å². The van der Waals surface area contributed by atoms with E-state index < -0.39 is 5.91 Å². The fourth-order valence-electron chi connectivity index (χ4n) is 2.66. The molecule has 0 aliphatic rings. The van der Waals surface area contributed by atoms with Crippen molar-refractivity contribution in [2.45, 2.75) is 0 Å². The van der Waals surface area contributed by atoms with Crippen molar-refractivity contribution in [3.8, 4) is 22.8 Å². The molecule has 9 heteroatoms. The molecule has 0 unspecified atom stereocenters. The lowest BCUT2D eigenvalue weighted by molar-refractivity contribution is -0.115. The van der Waals surface area contributed by atoms with Crippen molar-refractivity contribution >= 4 is 58.2 Å². The third-order valence-electron chi connectivity index (χ3n) is 4.13. The molecule has 0 atom stereocenters. The number of methoxy groups -OCH3 is 2. The molecule has 1 aromatic heterocycles. The summed E-state index contributed by atoms with van der Waals surface area (Å²) in [4.78, 5) is 12.2. The minimum absolute atomic E-state index is 0.104. The Morgan fingerprint density at radius 1 is 1.10 bits per heavy atom. The average molecular weight is 477 g/mol. The molecule has 6 nitrogen and oxygen atoms in total. The number of thiocarbonyl (C=S) groups is 1. The van der Waals surface area contributed by atoms with Crippen LogP contribution in [0.2, 0.25) is 10.0 Å². The van der Waals surface area contributed by atoms with Gasteiger partial charge in [-0.05, 0) is 54.7 Å². The number of furan rings is 1. The fraction of sp³-hybridized carbons (Fsp3) is 0.0909. The van der Waals surface area contributed by atoms with Crippen LogP contribution >= 0.6 is 35.4 Å². The number of carbonyl (C=O) groups is 1. The van der Waals surface area contributed by atoms with E-state index in [1.165, 1.54) is 19.3 Å². The lowest BCUT2D eigenvalue weighted by atomic mass is 10.2. The van der Waals surface area contributed by atoms with Gasteiger partial charge in [-0.3, -0.25) is 10.1 Å². The summed E-state index contributed by atoms with van der Waals surface area (Å²) in [6.07, 6.45) is 2.82. The van der Waals surface area contributed by atoms with Gasteiger partial charge in [0.15, 0.2) is 5.11 Å². The number of amides is 1. The standard InChI is InChI=1S/C22H18Cl2N2O4S/c1-28-14-7-10-19(29-2)17(12-14)25-22(31)26-20(27)11-8-13-6-9-18(30-13)15-4-3-5-16(23)21(15)24/h3-12H,1-2H3,(H2,25,26,27,31). The Kier molecular flexibility index (Phi) is 7.57. The van der Waals surface area contributed by atoms with Crippen LogP contribution in [-0.2, 0) is 4.79 Å². The molecule has 0 radical (unpaired) electrons. The zero-order chi connectivity index (χ0) is 22.4. The maximum Gasteiger partial charge on any atom is 0.250 e. The number of carbonyl (C=O) groups excluding carboxylic acids is 1. The summed E-state index contributed by atoms with van der Waals surface area (Å²) in [5.41, 5.74) is 1.22. The monoisotopic (exact) mass is 476 g/mol. The quantitative estimate of drug-likeness (QED) is 0.346. The van der Waals surface area contributed by atoms with Crippen molar-refractivity contribution in [2.24, 2.45) is 0 Å². The van der Waals surface area contributed by atoms with Crippen LogP contribution in [0.1, 0.15) is 5.76 Å². The van der Waals surface area contributed by atoms with E-state index in [2.05, 4.69) is 10.6 Å². The van der Waals surface area contributed by atoms with Gasteiger partial charge >= 0.3 is 0 Å². The van der Waals surface area contributed by atoms with Crippen molar-refractivity contribution < 1.29 is 18.7 Å². The first-order chi connectivity index (χ1) is 14.9. The molecule has 0 aliphatic heterocycles. The summed E-state index contributed by atoms with van der Waals surface area (Å²) in [6.45, 7) is 0. The smallest absolute Gasteiger partial charge is 0.250 e. The van der Waals surface area contributed by atoms with Gasteiger partial charge in [0.25, 0.3) is 0 Å². The van der Waals surface area contributed by atoms with Crippen LogP contribution in [0.15, 0.2) is 59.0 Å². The molecule has 31 heavy (non-hydrogen) atoms. The largest absolute Gasteiger partial charge is 0.497 e. The second kappa shape index (κ2) is 10.3. The molecular formula is C22H18Cl2N2O4S. The van der Waals surface area contributed by atoms with Gasteiger partial charge in [-0.15, -0.1) is 0 Å². The lowest BCUT2D eigenvalue weighted by Gasteiger charge is -2.13. The maximum absolute atomic E-state index is 12.2. The summed E-state index contributed by atoms with van der Waals surface area (Å²) in [5, 5.41) is 6.41. The topological polar surface area (TPSA) is 72.7 Å². The summed E-state index contributed by atoms with van der Waals surface area (Å²) in [5.74, 6) is 1.74. The van der Waals surface area contributed by atoms with E-state index in [-0.39, 0.29) is 5.11 Å². The third-order valence-corrected chi connectivity index (χ3v) is 5.16. The van der Waals surface area contributed by atoms with E-state index in [1.807, 2.05) is 0 Å². The summed E-state index contributed by atoms with van der Waals surface area (Å²) < 4.78 is 16.2. The number of nitrogens with one attached hydrogen (secondary N) is 2.